The number of halogens is 5. The molecule has 0 unspecified atom stereocenters. The molecule has 0 radical (unpaired) electrons. The lowest BCUT2D eigenvalue weighted by molar-refractivity contribution is -0.138. The highest BCUT2D eigenvalue weighted by molar-refractivity contribution is 14.1. The second-order valence-electron chi connectivity index (χ2n) is 13.8. The summed E-state index contributed by atoms with van der Waals surface area (Å²) in [6.07, 6.45) is 2.28. The van der Waals surface area contributed by atoms with Crippen molar-refractivity contribution < 1.29 is 33.8 Å². The summed E-state index contributed by atoms with van der Waals surface area (Å²) < 4.78 is 12.8. The van der Waals surface area contributed by atoms with Crippen LogP contribution >= 0.6 is 77.7 Å². The van der Waals surface area contributed by atoms with E-state index in [1.807, 2.05) is 18.2 Å². The van der Waals surface area contributed by atoms with Gasteiger partial charge in [-0.1, -0.05) is 47.0 Å². The molecule has 282 valence electrons. The van der Waals surface area contributed by atoms with E-state index in [0.29, 0.717) is 32.1 Å². The second-order valence-corrected chi connectivity index (χ2v) is 17.5. The number of ether oxygens (including phenoxy) is 2. The van der Waals surface area contributed by atoms with E-state index in [-0.39, 0.29) is 51.3 Å². The van der Waals surface area contributed by atoms with Crippen molar-refractivity contribution in [1.29, 1.82) is 0 Å². The smallest absolute Gasteiger partial charge is 0.260 e. The number of phenolic OH excluding ortho intramolecular Hbond substituents is 1. The fourth-order valence-corrected chi connectivity index (χ4v) is 10.8. The van der Waals surface area contributed by atoms with E-state index in [9.17, 15) is 14.7 Å². The Morgan fingerprint density at radius 2 is 1.58 bits per heavy atom. The van der Waals surface area contributed by atoms with Gasteiger partial charge in [0.15, 0.2) is 11.5 Å². The van der Waals surface area contributed by atoms with Crippen molar-refractivity contribution in [3.63, 3.8) is 0 Å². The Kier molecular flexibility index (Phi) is 10.0. The maximum atomic E-state index is 15.6. The third-order valence-electron chi connectivity index (χ3n) is 11.4. The van der Waals surface area contributed by atoms with Gasteiger partial charge in [0.25, 0.3) is 11.8 Å². The average molecular weight is 1020 g/mol. The van der Waals surface area contributed by atoms with Gasteiger partial charge < -0.3 is 14.6 Å². The zero-order valence-corrected chi connectivity index (χ0v) is 35.8. The molecular formula is C40H30Br2Cl2IN3O7. The van der Waals surface area contributed by atoms with Gasteiger partial charge in [-0.15, -0.1) is 0 Å². The number of hydrogen-bond donors (Lipinski definition) is 2. The first-order valence-corrected chi connectivity index (χ1v) is 20.6. The molecule has 1 saturated carbocycles. The van der Waals surface area contributed by atoms with Crippen LogP contribution in [0.5, 0.6) is 17.2 Å². The van der Waals surface area contributed by atoms with Crippen LogP contribution in [0.1, 0.15) is 29.9 Å². The Bertz CT molecular complexity index is 2340. The molecule has 2 aliphatic carbocycles. The molecule has 4 amide bonds. The fourth-order valence-electron chi connectivity index (χ4n) is 9.01. The van der Waals surface area contributed by atoms with E-state index in [1.165, 1.54) is 25.2 Å². The number of nitrogens with one attached hydrogen (secondary N) is 1. The zero-order valence-electron chi connectivity index (χ0n) is 29.0. The Labute approximate surface area is 356 Å². The quantitative estimate of drug-likeness (QED) is 0.107. The number of phenols is 1. The van der Waals surface area contributed by atoms with Crippen LogP contribution < -0.4 is 19.8 Å². The van der Waals surface area contributed by atoms with Crippen molar-refractivity contribution in [1.82, 2.24) is 5.01 Å². The lowest BCUT2D eigenvalue weighted by atomic mass is 9.49. The molecule has 4 aliphatic rings. The van der Waals surface area contributed by atoms with Crippen LogP contribution in [-0.4, -0.2) is 48.0 Å². The van der Waals surface area contributed by atoms with Gasteiger partial charge in [-0.3, -0.25) is 29.5 Å². The number of hydrogen-bond acceptors (Lipinski definition) is 8. The van der Waals surface area contributed by atoms with Gasteiger partial charge in [-0.05, 0) is 145 Å². The van der Waals surface area contributed by atoms with Crippen LogP contribution in [0.2, 0.25) is 10.0 Å². The lowest BCUT2D eigenvalue weighted by Crippen LogP contribution is -2.53. The number of aromatic hydroxyl groups is 1. The lowest BCUT2D eigenvalue weighted by Gasteiger charge is -2.51. The number of carbonyl (C=O) groups excluding carboxylic acids is 4. The van der Waals surface area contributed by atoms with Gasteiger partial charge in [0.1, 0.15) is 5.75 Å². The molecule has 3 fully saturated rings. The first kappa shape index (κ1) is 38.3. The number of fused-ring (bicyclic) bond motifs is 4. The summed E-state index contributed by atoms with van der Waals surface area (Å²) in [5.74, 6) is -5.31. The van der Waals surface area contributed by atoms with Crippen LogP contribution in [0.4, 0.5) is 11.4 Å². The highest BCUT2D eigenvalue weighted by Gasteiger charge is 2.70. The molecule has 0 spiro atoms. The van der Waals surface area contributed by atoms with Crippen LogP contribution in [0, 0.1) is 27.2 Å². The number of amides is 4. The Morgan fingerprint density at radius 1 is 0.873 bits per heavy atom. The van der Waals surface area contributed by atoms with Gasteiger partial charge in [-0.25, -0.2) is 0 Å². The molecule has 6 atom stereocenters. The van der Waals surface area contributed by atoms with Crippen molar-refractivity contribution in [3.05, 3.63) is 118 Å². The highest BCUT2D eigenvalue weighted by atomic mass is 127. The number of carbonyl (C=O) groups is 4. The molecular weight excluding hydrogens is 992 g/mol. The zero-order chi connectivity index (χ0) is 39.1. The summed E-state index contributed by atoms with van der Waals surface area (Å²) in [6.45, 7) is 0. The largest absolute Gasteiger partial charge is 0.503 e. The highest BCUT2D eigenvalue weighted by Crippen LogP contribution is 2.66. The van der Waals surface area contributed by atoms with E-state index in [1.54, 1.807) is 54.6 Å². The van der Waals surface area contributed by atoms with Gasteiger partial charge >= 0.3 is 0 Å². The molecule has 0 aromatic heterocycles. The number of allylic oxidation sites excluding steroid dienone is 2. The summed E-state index contributed by atoms with van der Waals surface area (Å²) in [4.78, 5) is 60.6. The Hall–Kier alpha value is -3.63. The minimum Gasteiger partial charge on any atom is -0.503 e. The number of hydrazine groups is 1. The van der Waals surface area contributed by atoms with Crippen molar-refractivity contribution in [2.75, 3.05) is 24.5 Å². The molecule has 0 bridgehead atoms. The Balaban J connectivity index is 1.37. The molecule has 2 N–H and O–H groups in total. The third-order valence-corrected chi connectivity index (χ3v) is 14.8. The number of nitrogens with zero attached hydrogens (tertiary/aromatic N) is 2. The topological polar surface area (TPSA) is 125 Å². The maximum Gasteiger partial charge on any atom is 0.260 e. The molecule has 2 saturated heterocycles. The van der Waals surface area contributed by atoms with Gasteiger partial charge in [0, 0.05) is 19.0 Å². The predicted molar refractivity (Wildman–Crippen MR) is 222 cm³/mol. The standard InChI is InChI=1S/C40H30Br2Cl2IN3O7/c1-54-22-10-3-18(4-11-22)40-27(37(51)48(39(40)53)46-29-14-5-19(43)15-28(29)44)16-25-23(32(40)26-17-30(55-2)35(49)34(42)33(26)41)12-13-24-31(25)38(52)47(36(24)50)21-8-6-20(45)7-9-21/h3-12,14-15,17,24-25,27,31-32,46,49H,13,16H2,1-2H3/t24-,25+,27-,31-,32+,40+/m0/s1. The number of rotatable bonds is 7. The van der Waals surface area contributed by atoms with E-state index >= 15 is 9.59 Å². The first-order valence-electron chi connectivity index (χ1n) is 17.2. The maximum absolute atomic E-state index is 15.6. The molecule has 2 aliphatic heterocycles. The molecule has 55 heavy (non-hydrogen) atoms. The van der Waals surface area contributed by atoms with Gasteiger partial charge in [0.2, 0.25) is 11.8 Å². The summed E-state index contributed by atoms with van der Waals surface area (Å²) in [5, 5.41) is 12.6. The van der Waals surface area contributed by atoms with Gasteiger partial charge in [-0.2, -0.15) is 5.01 Å². The minimum atomic E-state index is -1.62. The number of methoxy groups -OCH3 is 2. The molecule has 8 rings (SSSR count). The van der Waals surface area contributed by atoms with Crippen molar-refractivity contribution in [3.8, 4) is 17.2 Å². The van der Waals surface area contributed by atoms with E-state index in [2.05, 4.69) is 59.9 Å². The van der Waals surface area contributed by atoms with Crippen LogP contribution in [0.3, 0.4) is 0 Å². The average Bonchev–Trinajstić information content (AvgIpc) is 3.56. The molecule has 4 aromatic carbocycles. The van der Waals surface area contributed by atoms with Crippen LogP contribution in [0.25, 0.3) is 0 Å². The summed E-state index contributed by atoms with van der Waals surface area (Å²) in [6, 6.07) is 20.5. The second kappa shape index (κ2) is 14.4. The summed E-state index contributed by atoms with van der Waals surface area (Å²) in [7, 11) is 2.96. The summed E-state index contributed by atoms with van der Waals surface area (Å²) >= 11 is 22.2. The van der Waals surface area contributed by atoms with Crippen molar-refractivity contribution >= 4 is 113 Å². The molecule has 2 heterocycles. The minimum absolute atomic E-state index is 0.0835. The van der Waals surface area contributed by atoms with Crippen molar-refractivity contribution in [2.24, 2.45) is 23.7 Å². The molecule has 4 aromatic rings. The number of benzene rings is 4. The normalized spacial score (nSPS) is 25.7. The first-order chi connectivity index (χ1) is 26.3. The number of imide groups is 2. The van der Waals surface area contributed by atoms with E-state index in [4.69, 9.17) is 32.7 Å². The van der Waals surface area contributed by atoms with Crippen molar-refractivity contribution in [2.45, 2.75) is 24.2 Å². The SMILES string of the molecule is COc1ccc([C@@]23C(=O)N(Nc4ccc(Cl)cc4Cl)C(=O)[C@@H]2C[C@@H]2C(=CC[C@@H]4C(=O)N(c5ccc(I)cc5)C(=O)[C@@H]42)[C@@H]3c2cc(OC)c(O)c(Br)c2Br)cc1. The molecule has 10 nitrogen and oxygen atoms in total. The van der Waals surface area contributed by atoms with Crippen LogP contribution in [0.15, 0.2) is 93.4 Å². The van der Waals surface area contributed by atoms with E-state index < -0.39 is 46.8 Å². The third kappa shape index (κ3) is 5.81. The monoisotopic (exact) mass is 1020 g/mol. The van der Waals surface area contributed by atoms with Crippen LogP contribution in [-0.2, 0) is 24.6 Å². The number of anilines is 2. The fraction of sp³-hybridized carbons (Fsp3) is 0.250. The summed E-state index contributed by atoms with van der Waals surface area (Å²) in [5.41, 5.74) is 3.92. The molecule has 15 heteroatoms. The van der Waals surface area contributed by atoms with Gasteiger partial charge in [0.05, 0.1) is 58.3 Å². The predicted octanol–water partition coefficient (Wildman–Crippen LogP) is 9.04. The van der Waals surface area contributed by atoms with E-state index in [0.717, 1.165) is 14.2 Å². The Morgan fingerprint density at radius 3 is 2.24 bits per heavy atom.